The second-order valence-corrected chi connectivity index (χ2v) is 5.37. The zero-order chi connectivity index (χ0) is 8.91. The third-order valence-corrected chi connectivity index (χ3v) is 2.23. The molecule has 0 fully saturated rings. The molecule has 1 aromatic rings. The van der Waals surface area contributed by atoms with Crippen LogP contribution in [0.1, 0.15) is 0 Å². The molecular formula is C3H5N2NaO3S2. The van der Waals surface area contributed by atoms with Crippen LogP contribution in [0.4, 0.5) is 0 Å². The summed E-state index contributed by atoms with van der Waals surface area (Å²) in [5.41, 5.74) is 0. The molecule has 0 bridgehead atoms. The van der Waals surface area contributed by atoms with Crippen molar-refractivity contribution in [1.29, 1.82) is 0 Å². The number of aromatic nitrogens is 1. The molecule has 3 N–H and O–H groups in total. The third kappa shape index (κ3) is 13.5. The van der Waals surface area contributed by atoms with Gasteiger partial charge in [0.05, 0.1) is 0 Å². The average Bonchev–Trinajstić information content (AvgIpc) is 2.12. The second kappa shape index (κ2) is 5.20. The number of nitrogens with two attached hydrogens (primary N) is 1. The van der Waals surface area contributed by atoms with Gasteiger partial charge in [0.25, 0.3) is 0 Å². The fourth-order valence-corrected chi connectivity index (χ4v) is 1.29. The molecule has 11 heavy (non-hydrogen) atoms. The van der Waals surface area contributed by atoms with Crippen LogP contribution < -0.4 is 7.40 Å². The van der Waals surface area contributed by atoms with E-state index in [1.807, 2.05) is 11.6 Å². The molecular weight excluding hydrogens is 199 g/mol. The first-order chi connectivity index (χ1) is 4.89. The van der Waals surface area contributed by atoms with Gasteiger partial charge in [-0.25, -0.2) is 5.14 Å². The SMILES string of the molecule is NS(=O)(=O)O.[Na][c]1nccs1. The van der Waals surface area contributed by atoms with Crippen molar-refractivity contribution in [1.82, 2.24) is 4.98 Å². The van der Waals surface area contributed by atoms with Crippen LogP contribution >= 0.6 is 11.3 Å². The summed E-state index contributed by atoms with van der Waals surface area (Å²) in [6, 6.07) is 0. The minimum atomic E-state index is -4.17. The van der Waals surface area contributed by atoms with Crippen LogP contribution in [-0.2, 0) is 10.3 Å². The van der Waals surface area contributed by atoms with E-state index in [1.165, 1.54) is 2.26 Å². The Morgan fingerprint density at radius 2 is 2.18 bits per heavy atom. The van der Waals surface area contributed by atoms with Gasteiger partial charge in [0.1, 0.15) is 0 Å². The molecule has 0 aliphatic rings. The Morgan fingerprint density at radius 1 is 1.73 bits per heavy atom. The Bertz CT molecular complexity index is 274. The van der Waals surface area contributed by atoms with E-state index in [9.17, 15) is 0 Å². The van der Waals surface area contributed by atoms with Crippen LogP contribution in [0.15, 0.2) is 11.6 Å². The van der Waals surface area contributed by atoms with Gasteiger partial charge in [-0.2, -0.15) is 8.42 Å². The van der Waals surface area contributed by atoms with E-state index in [2.05, 4.69) is 10.1 Å². The minimum absolute atomic E-state index is 1.10. The van der Waals surface area contributed by atoms with Crippen molar-refractivity contribution in [3.05, 3.63) is 11.6 Å². The van der Waals surface area contributed by atoms with Crippen LogP contribution in [0.5, 0.6) is 0 Å². The predicted molar refractivity (Wildman–Crippen MR) is 43.2 cm³/mol. The second-order valence-electron chi connectivity index (χ2n) is 1.57. The van der Waals surface area contributed by atoms with Crippen LogP contribution in [0.25, 0.3) is 0 Å². The molecule has 1 aromatic heterocycles. The average molecular weight is 204 g/mol. The molecule has 1 rings (SSSR count). The molecule has 58 valence electrons. The van der Waals surface area contributed by atoms with Gasteiger partial charge >= 0.3 is 68.4 Å². The summed E-state index contributed by atoms with van der Waals surface area (Å²) in [6.45, 7) is 0. The number of thiazole rings is 1. The fraction of sp³-hybridized carbons (Fsp3) is 0. The monoisotopic (exact) mass is 204 g/mol. The van der Waals surface area contributed by atoms with E-state index >= 15 is 0 Å². The zero-order valence-corrected chi connectivity index (χ0v) is 9.39. The van der Waals surface area contributed by atoms with Gasteiger partial charge in [-0.15, -0.1) is 0 Å². The topological polar surface area (TPSA) is 93.3 Å². The quantitative estimate of drug-likeness (QED) is 0.405. The number of hydrogen-bond acceptors (Lipinski definition) is 4. The first kappa shape index (κ1) is 11.5. The van der Waals surface area contributed by atoms with Gasteiger partial charge in [-0.1, -0.05) is 0 Å². The molecule has 0 aliphatic heterocycles. The van der Waals surface area contributed by atoms with Crippen molar-refractivity contribution in [2.24, 2.45) is 5.14 Å². The first-order valence-corrected chi connectivity index (χ1v) is 5.89. The number of nitrogens with zero attached hydrogens (tertiary/aromatic N) is 1. The number of hydrogen-bond donors (Lipinski definition) is 2. The molecule has 0 unspecified atom stereocenters. The van der Waals surface area contributed by atoms with E-state index in [0.717, 1.165) is 27.9 Å². The Kier molecular flexibility index (Phi) is 5.44. The van der Waals surface area contributed by atoms with E-state index in [4.69, 9.17) is 13.0 Å². The maximum absolute atomic E-state index is 8.97. The van der Waals surface area contributed by atoms with Gasteiger partial charge in [0.2, 0.25) is 0 Å². The standard InChI is InChI=1S/C3H2NS.H3NO3S.Na/c1-2-5-3-4-1;1-5(2,3)4;/h1-2H;(H3,1,2,3,4);. The summed E-state index contributed by atoms with van der Waals surface area (Å²) >= 11 is 2.83. The molecule has 0 saturated carbocycles. The van der Waals surface area contributed by atoms with Gasteiger partial charge < -0.3 is 0 Å². The summed E-state index contributed by atoms with van der Waals surface area (Å²) in [4.78, 5) is 4.00. The molecule has 0 radical (unpaired) electrons. The van der Waals surface area contributed by atoms with Crippen molar-refractivity contribution >= 4 is 51.8 Å². The molecule has 0 aromatic carbocycles. The maximum atomic E-state index is 8.97. The van der Waals surface area contributed by atoms with Gasteiger partial charge in [-0.3, -0.25) is 4.55 Å². The van der Waals surface area contributed by atoms with E-state index < -0.39 is 10.3 Å². The van der Waals surface area contributed by atoms with E-state index in [-0.39, 0.29) is 0 Å². The first-order valence-electron chi connectivity index (χ1n) is 2.51. The Morgan fingerprint density at radius 3 is 2.27 bits per heavy atom. The summed E-state index contributed by atoms with van der Waals surface area (Å²) in [6.07, 6.45) is 1.84. The fourth-order valence-electron chi connectivity index (χ4n) is 0.295. The van der Waals surface area contributed by atoms with E-state index in [1.54, 1.807) is 11.3 Å². The molecule has 5 nitrogen and oxygen atoms in total. The van der Waals surface area contributed by atoms with Crippen molar-refractivity contribution in [3.63, 3.8) is 0 Å². The third-order valence-electron chi connectivity index (χ3n) is 0.556. The van der Waals surface area contributed by atoms with Gasteiger partial charge in [0.15, 0.2) is 0 Å². The normalized spacial score (nSPS) is 10.2. The summed E-state index contributed by atoms with van der Waals surface area (Å²) in [7, 11) is -4.17. The van der Waals surface area contributed by atoms with Crippen LogP contribution in [0, 0.1) is 0 Å². The van der Waals surface area contributed by atoms with Crippen LogP contribution in [0.3, 0.4) is 0 Å². The van der Waals surface area contributed by atoms with E-state index in [0.29, 0.717) is 0 Å². The Hall–Kier alpha value is 0.500. The molecule has 0 spiro atoms. The Balaban J connectivity index is 0.000000187. The van der Waals surface area contributed by atoms with Crippen molar-refractivity contribution in [2.45, 2.75) is 0 Å². The Labute approximate surface area is 85.9 Å². The molecule has 0 atom stereocenters. The van der Waals surface area contributed by atoms with Crippen molar-refractivity contribution in [2.75, 3.05) is 0 Å². The summed E-state index contributed by atoms with van der Waals surface area (Å²) in [5.74, 6) is 0. The predicted octanol–water partition coefficient (Wildman–Crippen LogP) is -1.32. The molecule has 0 aliphatic carbocycles. The molecule has 8 heteroatoms. The number of rotatable bonds is 0. The van der Waals surface area contributed by atoms with Gasteiger partial charge in [0, 0.05) is 0 Å². The summed E-state index contributed by atoms with van der Waals surface area (Å²) in [5, 5.41) is 5.88. The molecule has 0 amide bonds. The van der Waals surface area contributed by atoms with Crippen LogP contribution in [0.2, 0.25) is 0 Å². The van der Waals surface area contributed by atoms with Crippen molar-refractivity contribution in [3.8, 4) is 0 Å². The zero-order valence-electron chi connectivity index (χ0n) is 5.76. The summed E-state index contributed by atoms with van der Waals surface area (Å²) < 4.78 is 26.5. The van der Waals surface area contributed by atoms with Crippen LogP contribution in [-0.4, -0.2) is 45.9 Å². The van der Waals surface area contributed by atoms with Gasteiger partial charge in [-0.05, 0) is 0 Å². The van der Waals surface area contributed by atoms with Crippen molar-refractivity contribution < 1.29 is 13.0 Å². The molecule has 1 heterocycles. The molecule has 0 saturated heterocycles.